The van der Waals surface area contributed by atoms with E-state index >= 15 is 0 Å². The summed E-state index contributed by atoms with van der Waals surface area (Å²) in [7, 11) is 0. The van der Waals surface area contributed by atoms with Crippen LogP contribution in [0.5, 0.6) is 0 Å². The maximum Gasteiger partial charge on any atom is 0.151 e. The minimum absolute atomic E-state index is 0.410. The zero-order valence-electron chi connectivity index (χ0n) is 7.57. The molecule has 0 saturated heterocycles. The smallest absolute Gasteiger partial charge is 0.151 e. The van der Waals surface area contributed by atoms with E-state index < -0.39 is 0 Å². The average molecular weight is 201 g/mol. The highest BCUT2D eigenvalue weighted by Gasteiger charge is 2.04. The van der Waals surface area contributed by atoms with E-state index in [4.69, 9.17) is 17.3 Å². The summed E-state index contributed by atoms with van der Waals surface area (Å²) in [6, 6.07) is 3.57. The van der Waals surface area contributed by atoms with Crippen molar-refractivity contribution in [2.75, 3.05) is 24.5 Å². The van der Waals surface area contributed by atoms with Crippen LogP contribution >= 0.6 is 11.6 Å². The summed E-state index contributed by atoms with van der Waals surface area (Å²) in [6.07, 6.45) is 0. The third-order valence-electron chi connectivity index (χ3n) is 1.72. The van der Waals surface area contributed by atoms with Gasteiger partial charge in [0, 0.05) is 19.6 Å². The topological polar surface area (TPSA) is 55.0 Å². The molecule has 0 aliphatic heterocycles. The third-order valence-corrected chi connectivity index (χ3v) is 1.92. The highest BCUT2D eigenvalue weighted by atomic mass is 35.5. The number of likely N-dealkylation sites (N-methyl/N-ethyl adjacent to an activating group) is 1. The van der Waals surface area contributed by atoms with Crippen molar-refractivity contribution in [3.8, 4) is 0 Å². The van der Waals surface area contributed by atoms with Crippen LogP contribution in [-0.4, -0.2) is 29.8 Å². The van der Waals surface area contributed by atoms with Gasteiger partial charge in [0.2, 0.25) is 0 Å². The van der Waals surface area contributed by atoms with E-state index in [1.54, 1.807) is 6.07 Å². The minimum atomic E-state index is 0.410. The minimum Gasteiger partial charge on any atom is -0.354 e. The maximum absolute atomic E-state index is 5.62. The quantitative estimate of drug-likeness (QED) is 0.785. The standard InChI is InChI=1S/C8H13ClN4/c1-2-13(6-5-10)8-4-3-7(9)11-12-8/h3-4H,2,5-6,10H2,1H3. The number of nitrogens with zero attached hydrogens (tertiary/aromatic N) is 3. The monoisotopic (exact) mass is 200 g/mol. The van der Waals surface area contributed by atoms with Gasteiger partial charge in [-0.25, -0.2) is 0 Å². The molecule has 4 nitrogen and oxygen atoms in total. The molecule has 0 unspecified atom stereocenters. The van der Waals surface area contributed by atoms with Crippen molar-refractivity contribution in [2.45, 2.75) is 6.92 Å². The molecule has 0 radical (unpaired) electrons. The van der Waals surface area contributed by atoms with Crippen LogP contribution in [0.2, 0.25) is 5.15 Å². The van der Waals surface area contributed by atoms with Crippen molar-refractivity contribution in [1.29, 1.82) is 0 Å². The van der Waals surface area contributed by atoms with Crippen LogP contribution < -0.4 is 10.6 Å². The van der Waals surface area contributed by atoms with E-state index in [-0.39, 0.29) is 0 Å². The summed E-state index contributed by atoms with van der Waals surface area (Å²) in [5, 5.41) is 8.13. The van der Waals surface area contributed by atoms with E-state index in [1.807, 2.05) is 17.9 Å². The van der Waals surface area contributed by atoms with Gasteiger partial charge in [-0.3, -0.25) is 0 Å². The molecule has 1 aromatic heterocycles. The lowest BCUT2D eigenvalue weighted by molar-refractivity contribution is 0.788. The molecule has 1 rings (SSSR count). The molecule has 0 atom stereocenters. The summed E-state index contributed by atoms with van der Waals surface area (Å²) in [4.78, 5) is 2.04. The average Bonchev–Trinajstić information content (AvgIpc) is 2.16. The number of hydrogen-bond acceptors (Lipinski definition) is 4. The van der Waals surface area contributed by atoms with Crippen LogP contribution in [0.4, 0.5) is 5.82 Å². The molecule has 0 bridgehead atoms. The van der Waals surface area contributed by atoms with Gasteiger partial charge in [-0.1, -0.05) is 11.6 Å². The second kappa shape index (κ2) is 4.99. The van der Waals surface area contributed by atoms with Crippen LogP contribution in [-0.2, 0) is 0 Å². The van der Waals surface area contributed by atoms with Gasteiger partial charge in [-0.15, -0.1) is 10.2 Å². The molecule has 13 heavy (non-hydrogen) atoms. The first kappa shape index (κ1) is 10.2. The van der Waals surface area contributed by atoms with E-state index in [9.17, 15) is 0 Å². The molecule has 0 saturated carbocycles. The summed E-state index contributed by atoms with van der Waals surface area (Å²) < 4.78 is 0. The lowest BCUT2D eigenvalue weighted by Gasteiger charge is -2.19. The van der Waals surface area contributed by atoms with Gasteiger partial charge in [0.1, 0.15) is 0 Å². The highest BCUT2D eigenvalue weighted by Crippen LogP contribution is 2.10. The number of aromatic nitrogens is 2. The number of hydrogen-bond donors (Lipinski definition) is 1. The van der Waals surface area contributed by atoms with E-state index in [0.29, 0.717) is 11.7 Å². The third kappa shape index (κ3) is 2.82. The second-order valence-corrected chi connectivity index (χ2v) is 2.97. The van der Waals surface area contributed by atoms with Gasteiger partial charge in [-0.2, -0.15) is 0 Å². The second-order valence-electron chi connectivity index (χ2n) is 2.58. The first-order valence-electron chi connectivity index (χ1n) is 4.22. The SMILES string of the molecule is CCN(CCN)c1ccc(Cl)nn1. The molecule has 72 valence electrons. The Hall–Kier alpha value is -0.870. The number of nitrogens with two attached hydrogens (primary N) is 1. The predicted molar refractivity (Wildman–Crippen MR) is 54.0 cm³/mol. The van der Waals surface area contributed by atoms with Gasteiger partial charge in [-0.05, 0) is 19.1 Å². The van der Waals surface area contributed by atoms with E-state index in [2.05, 4.69) is 10.2 Å². The van der Waals surface area contributed by atoms with Crippen molar-refractivity contribution in [3.05, 3.63) is 17.3 Å². The molecule has 0 aliphatic rings. The predicted octanol–water partition coefficient (Wildman–Crippen LogP) is 0.915. The Morgan fingerprint density at radius 3 is 2.69 bits per heavy atom. The number of rotatable bonds is 4. The van der Waals surface area contributed by atoms with Gasteiger partial charge < -0.3 is 10.6 Å². The van der Waals surface area contributed by atoms with Crippen LogP contribution in [0, 0.1) is 0 Å². The van der Waals surface area contributed by atoms with Crippen molar-refractivity contribution in [1.82, 2.24) is 10.2 Å². The van der Waals surface area contributed by atoms with Crippen molar-refractivity contribution >= 4 is 17.4 Å². The maximum atomic E-state index is 5.62. The summed E-state index contributed by atoms with van der Waals surface area (Å²) >= 11 is 5.62. The number of halogens is 1. The molecular formula is C8H13ClN4. The van der Waals surface area contributed by atoms with Crippen LogP contribution in [0.1, 0.15) is 6.92 Å². The Balaban J connectivity index is 2.73. The first-order chi connectivity index (χ1) is 6.27. The summed E-state index contributed by atoms with van der Waals surface area (Å²) in [5.74, 6) is 0.817. The Morgan fingerprint density at radius 1 is 1.46 bits per heavy atom. The Labute approximate surface area is 82.7 Å². The zero-order valence-corrected chi connectivity index (χ0v) is 8.33. The molecule has 1 aromatic rings. The summed E-state index contributed by atoms with van der Waals surface area (Å²) in [5.41, 5.74) is 5.46. The van der Waals surface area contributed by atoms with Crippen LogP contribution in [0.25, 0.3) is 0 Å². The Bertz CT molecular complexity index is 249. The molecule has 0 fully saturated rings. The fraction of sp³-hybridized carbons (Fsp3) is 0.500. The molecule has 0 spiro atoms. The first-order valence-corrected chi connectivity index (χ1v) is 4.60. The van der Waals surface area contributed by atoms with Gasteiger partial charge in [0.05, 0.1) is 0 Å². The normalized spacial score (nSPS) is 10.1. The molecular weight excluding hydrogens is 188 g/mol. The van der Waals surface area contributed by atoms with Gasteiger partial charge >= 0.3 is 0 Å². The number of anilines is 1. The lowest BCUT2D eigenvalue weighted by Crippen LogP contribution is -2.29. The highest BCUT2D eigenvalue weighted by molar-refractivity contribution is 6.29. The molecule has 0 amide bonds. The summed E-state index contributed by atoms with van der Waals surface area (Å²) in [6.45, 7) is 4.31. The van der Waals surface area contributed by atoms with E-state index in [0.717, 1.165) is 18.9 Å². The fourth-order valence-electron chi connectivity index (χ4n) is 1.07. The van der Waals surface area contributed by atoms with Gasteiger partial charge in [0.15, 0.2) is 11.0 Å². The van der Waals surface area contributed by atoms with E-state index in [1.165, 1.54) is 0 Å². The van der Waals surface area contributed by atoms with Crippen molar-refractivity contribution in [3.63, 3.8) is 0 Å². The molecule has 5 heteroatoms. The van der Waals surface area contributed by atoms with Crippen molar-refractivity contribution < 1.29 is 0 Å². The Morgan fingerprint density at radius 2 is 2.23 bits per heavy atom. The molecule has 1 heterocycles. The molecule has 2 N–H and O–H groups in total. The van der Waals surface area contributed by atoms with Gasteiger partial charge in [0.25, 0.3) is 0 Å². The zero-order chi connectivity index (χ0) is 9.68. The van der Waals surface area contributed by atoms with Crippen LogP contribution in [0.15, 0.2) is 12.1 Å². The molecule has 0 aromatic carbocycles. The largest absolute Gasteiger partial charge is 0.354 e. The van der Waals surface area contributed by atoms with Crippen LogP contribution in [0.3, 0.4) is 0 Å². The Kier molecular flexibility index (Phi) is 3.92. The molecule has 0 aliphatic carbocycles. The lowest BCUT2D eigenvalue weighted by atomic mass is 10.4. The van der Waals surface area contributed by atoms with Crippen molar-refractivity contribution in [2.24, 2.45) is 5.73 Å². The fourth-order valence-corrected chi connectivity index (χ4v) is 1.17.